The molecule has 0 aromatic heterocycles. The molecule has 1 N–H and O–H groups in total. The van der Waals surface area contributed by atoms with E-state index in [-0.39, 0.29) is 11.4 Å². The average Bonchev–Trinajstić information content (AvgIpc) is 2.72. The molecule has 1 aliphatic carbocycles. The number of carbonyl (C=O) groups is 1. The van der Waals surface area contributed by atoms with Gasteiger partial charge in [0.25, 0.3) is 15.9 Å². The first-order valence-corrected chi connectivity index (χ1v) is 11.4. The van der Waals surface area contributed by atoms with Crippen LogP contribution >= 0.6 is 11.6 Å². The van der Waals surface area contributed by atoms with Gasteiger partial charge >= 0.3 is 0 Å². The van der Waals surface area contributed by atoms with Crippen LogP contribution in [0.25, 0.3) is 0 Å². The van der Waals surface area contributed by atoms with Crippen molar-refractivity contribution >= 4 is 38.9 Å². The van der Waals surface area contributed by atoms with E-state index in [1.165, 1.54) is 18.6 Å². The normalized spacial score (nSPS) is 14.3. The minimum Gasteiger partial charge on any atom is -0.271 e. The summed E-state index contributed by atoms with van der Waals surface area (Å²) in [6.45, 7) is 1.38. The van der Waals surface area contributed by atoms with E-state index in [9.17, 15) is 13.2 Å². The molecule has 1 aliphatic rings. The van der Waals surface area contributed by atoms with Crippen molar-refractivity contribution in [3.63, 3.8) is 0 Å². The Hall–Kier alpha value is -2.38. The van der Waals surface area contributed by atoms with Gasteiger partial charge in [-0.2, -0.15) is 5.10 Å². The van der Waals surface area contributed by atoms with Crippen LogP contribution in [0.4, 0.5) is 5.69 Å². The van der Waals surface area contributed by atoms with Gasteiger partial charge in [0.2, 0.25) is 0 Å². The van der Waals surface area contributed by atoms with E-state index in [1.807, 2.05) is 0 Å². The number of aryl methyl sites for hydroxylation is 1. The van der Waals surface area contributed by atoms with Crippen LogP contribution in [0, 0.1) is 6.92 Å². The van der Waals surface area contributed by atoms with Gasteiger partial charge in [0.05, 0.1) is 10.6 Å². The molecule has 1 amide bonds. The van der Waals surface area contributed by atoms with E-state index in [2.05, 4.69) is 10.5 Å². The molecule has 0 spiro atoms. The zero-order valence-electron chi connectivity index (χ0n) is 16.3. The van der Waals surface area contributed by atoms with E-state index in [1.54, 1.807) is 43.3 Å². The van der Waals surface area contributed by atoms with Crippen LogP contribution in [0.1, 0.15) is 37.7 Å². The molecule has 0 bridgehead atoms. The van der Waals surface area contributed by atoms with Crippen LogP contribution in [0.2, 0.25) is 5.02 Å². The van der Waals surface area contributed by atoms with Crippen molar-refractivity contribution in [1.29, 1.82) is 0 Å². The minimum absolute atomic E-state index is 0.112. The maximum atomic E-state index is 13.3. The van der Waals surface area contributed by atoms with Gasteiger partial charge in [-0.1, -0.05) is 36.2 Å². The van der Waals surface area contributed by atoms with Gasteiger partial charge in [0, 0.05) is 10.7 Å². The molecule has 8 heteroatoms. The third-order valence-corrected chi connectivity index (χ3v) is 6.82. The van der Waals surface area contributed by atoms with Crippen molar-refractivity contribution in [2.45, 2.75) is 43.9 Å². The van der Waals surface area contributed by atoms with Crippen LogP contribution < -0.4 is 9.73 Å². The summed E-state index contributed by atoms with van der Waals surface area (Å²) in [5.74, 6) is -0.489. The highest BCUT2D eigenvalue weighted by atomic mass is 35.5. The van der Waals surface area contributed by atoms with Crippen LogP contribution in [0.5, 0.6) is 0 Å². The zero-order valence-corrected chi connectivity index (χ0v) is 17.8. The summed E-state index contributed by atoms with van der Waals surface area (Å²) in [6.07, 6.45) is 5.03. The number of anilines is 1. The lowest BCUT2D eigenvalue weighted by Crippen LogP contribution is -2.40. The Morgan fingerprint density at radius 2 is 1.79 bits per heavy atom. The van der Waals surface area contributed by atoms with Crippen LogP contribution in [0.15, 0.2) is 58.5 Å². The first-order valence-electron chi connectivity index (χ1n) is 9.56. The molecular weight excluding hydrogens is 410 g/mol. The Bertz CT molecular complexity index is 999. The number of nitrogens with one attached hydrogen (secondary N) is 1. The molecule has 1 saturated carbocycles. The molecule has 0 heterocycles. The molecule has 29 heavy (non-hydrogen) atoms. The van der Waals surface area contributed by atoms with Gasteiger partial charge < -0.3 is 0 Å². The zero-order chi connectivity index (χ0) is 20.9. The lowest BCUT2D eigenvalue weighted by atomic mass is 9.99. The Morgan fingerprint density at radius 1 is 1.10 bits per heavy atom. The molecule has 2 aromatic rings. The topological polar surface area (TPSA) is 78.8 Å². The predicted molar refractivity (Wildman–Crippen MR) is 116 cm³/mol. The number of carbonyl (C=O) groups excluding carboxylic acids is 1. The van der Waals surface area contributed by atoms with Crippen molar-refractivity contribution in [3.05, 3.63) is 59.1 Å². The molecule has 2 aromatic carbocycles. The van der Waals surface area contributed by atoms with Crippen LogP contribution in [-0.4, -0.2) is 26.6 Å². The second-order valence-electron chi connectivity index (χ2n) is 7.03. The van der Waals surface area contributed by atoms with E-state index in [4.69, 9.17) is 11.6 Å². The molecule has 0 aliphatic heterocycles. The van der Waals surface area contributed by atoms with Crippen molar-refractivity contribution < 1.29 is 13.2 Å². The van der Waals surface area contributed by atoms with Gasteiger partial charge in [-0.15, -0.1) is 0 Å². The van der Waals surface area contributed by atoms with Crippen LogP contribution in [0.3, 0.4) is 0 Å². The molecule has 0 atom stereocenters. The summed E-state index contributed by atoms with van der Waals surface area (Å²) in [6, 6.07) is 12.9. The van der Waals surface area contributed by atoms with Gasteiger partial charge in [-0.05, 0) is 68.5 Å². The molecule has 0 radical (unpaired) electrons. The number of sulfonamides is 1. The summed E-state index contributed by atoms with van der Waals surface area (Å²) in [4.78, 5) is 12.7. The molecule has 6 nitrogen and oxygen atoms in total. The Labute approximate surface area is 176 Å². The molecule has 1 fully saturated rings. The summed E-state index contributed by atoms with van der Waals surface area (Å²) >= 11 is 6.03. The fourth-order valence-electron chi connectivity index (χ4n) is 3.30. The van der Waals surface area contributed by atoms with Crippen molar-refractivity contribution in [2.75, 3.05) is 10.8 Å². The second kappa shape index (κ2) is 9.41. The summed E-state index contributed by atoms with van der Waals surface area (Å²) in [7, 11) is -3.95. The van der Waals surface area contributed by atoms with Crippen molar-refractivity contribution in [2.24, 2.45) is 5.10 Å². The number of hydrogen-bond acceptors (Lipinski definition) is 4. The fourth-order valence-corrected chi connectivity index (χ4v) is 5.03. The van der Waals surface area contributed by atoms with Gasteiger partial charge in [-0.25, -0.2) is 13.8 Å². The number of rotatable bonds is 6. The quantitative estimate of drug-likeness (QED) is 0.690. The SMILES string of the molecule is Cc1cc(Cl)ccc1N(CC(=O)NN=C1CCCCC1)S(=O)(=O)c1ccccc1. The van der Waals surface area contributed by atoms with Crippen molar-refractivity contribution in [3.8, 4) is 0 Å². The second-order valence-corrected chi connectivity index (χ2v) is 9.33. The number of hydrazone groups is 1. The van der Waals surface area contributed by atoms with Gasteiger partial charge in [0.1, 0.15) is 6.54 Å². The minimum atomic E-state index is -3.95. The standard InChI is InChI=1S/C21H24ClN3O3S/c1-16-14-17(22)12-13-20(16)25(29(27,28)19-10-6-3-7-11-19)15-21(26)24-23-18-8-4-2-5-9-18/h3,6-7,10-14H,2,4-5,8-9,15H2,1H3,(H,24,26). The lowest BCUT2D eigenvalue weighted by molar-refractivity contribution is -0.119. The van der Waals surface area contributed by atoms with E-state index >= 15 is 0 Å². The molecular formula is C21H24ClN3O3S. The third kappa shape index (κ3) is 5.36. The highest BCUT2D eigenvalue weighted by molar-refractivity contribution is 7.92. The number of halogens is 1. The maximum Gasteiger partial charge on any atom is 0.264 e. The van der Waals surface area contributed by atoms with Crippen molar-refractivity contribution in [1.82, 2.24) is 5.43 Å². The number of benzene rings is 2. The fraction of sp³-hybridized carbons (Fsp3) is 0.333. The lowest BCUT2D eigenvalue weighted by Gasteiger charge is -2.25. The molecule has 0 unspecified atom stereocenters. The van der Waals surface area contributed by atoms with Gasteiger partial charge in [-0.3, -0.25) is 9.10 Å². The third-order valence-electron chi connectivity index (χ3n) is 4.82. The predicted octanol–water partition coefficient (Wildman–Crippen LogP) is 4.28. The van der Waals surface area contributed by atoms with E-state index in [0.717, 1.165) is 35.7 Å². The highest BCUT2D eigenvalue weighted by Crippen LogP contribution is 2.28. The Kier molecular flexibility index (Phi) is 6.92. The first-order chi connectivity index (χ1) is 13.9. The smallest absolute Gasteiger partial charge is 0.264 e. The average molecular weight is 434 g/mol. The Morgan fingerprint density at radius 3 is 2.45 bits per heavy atom. The number of nitrogens with zero attached hydrogens (tertiary/aromatic N) is 2. The summed E-state index contributed by atoms with van der Waals surface area (Å²) < 4.78 is 27.7. The maximum absolute atomic E-state index is 13.3. The largest absolute Gasteiger partial charge is 0.271 e. The van der Waals surface area contributed by atoms with E-state index in [0.29, 0.717) is 16.3 Å². The number of amides is 1. The van der Waals surface area contributed by atoms with Gasteiger partial charge in [0.15, 0.2) is 0 Å². The summed E-state index contributed by atoms with van der Waals surface area (Å²) in [5, 5.41) is 4.69. The van der Waals surface area contributed by atoms with Crippen LogP contribution in [-0.2, 0) is 14.8 Å². The number of hydrogen-bond donors (Lipinski definition) is 1. The Balaban J connectivity index is 1.89. The molecule has 0 saturated heterocycles. The first kappa shape index (κ1) is 21.3. The highest BCUT2D eigenvalue weighted by Gasteiger charge is 2.28. The monoisotopic (exact) mass is 433 g/mol. The van der Waals surface area contributed by atoms with E-state index < -0.39 is 15.9 Å². The summed E-state index contributed by atoms with van der Waals surface area (Å²) in [5.41, 5.74) is 4.53. The molecule has 154 valence electrons. The molecule has 3 rings (SSSR count).